The number of rotatable bonds is 3. The number of nitriles is 1. The lowest BCUT2D eigenvalue weighted by atomic mass is 9.93. The zero-order valence-electron chi connectivity index (χ0n) is 14.7. The molecule has 2 saturated heterocycles. The Kier molecular flexibility index (Phi) is 5.05. The van der Waals surface area contributed by atoms with Crippen LogP contribution in [0.4, 0.5) is 5.69 Å². The first kappa shape index (κ1) is 17.4. The fraction of sp³-hybridized carbons (Fsp3) is 0.526. The summed E-state index contributed by atoms with van der Waals surface area (Å²) < 4.78 is 0. The molecule has 2 aliphatic heterocycles. The van der Waals surface area contributed by atoms with Gasteiger partial charge in [-0.3, -0.25) is 9.59 Å². The predicted molar refractivity (Wildman–Crippen MR) is 94.9 cm³/mol. The standard InChI is InChI=1S/C19H24N4O2/c1-13-12-22(14(2)24)9-7-17(13)21-18-8-10-23(19(18)25)16-5-3-15(11-20)4-6-16/h3-6,13,17-18,21H,7-10,12H2,1-2H3/t13-,17-,18+/m0/s1. The van der Waals surface area contributed by atoms with Crippen LogP contribution in [0.15, 0.2) is 24.3 Å². The number of carbonyl (C=O) groups excluding carboxylic acids is 2. The minimum atomic E-state index is -0.174. The second kappa shape index (κ2) is 7.24. The maximum Gasteiger partial charge on any atom is 0.244 e. The van der Waals surface area contributed by atoms with E-state index in [2.05, 4.69) is 18.3 Å². The highest BCUT2D eigenvalue weighted by Gasteiger charge is 2.36. The first-order valence-electron chi connectivity index (χ1n) is 8.82. The lowest BCUT2D eigenvalue weighted by molar-refractivity contribution is -0.131. The Labute approximate surface area is 148 Å². The number of nitrogens with one attached hydrogen (secondary N) is 1. The van der Waals surface area contributed by atoms with Crippen molar-refractivity contribution in [2.45, 2.75) is 38.8 Å². The van der Waals surface area contributed by atoms with E-state index in [-0.39, 0.29) is 23.9 Å². The second-order valence-corrected chi connectivity index (χ2v) is 6.99. The molecule has 0 aromatic heterocycles. The average Bonchev–Trinajstić information content (AvgIpc) is 2.97. The Balaban J connectivity index is 1.60. The number of nitrogens with zero attached hydrogens (tertiary/aromatic N) is 3. The molecule has 3 atom stereocenters. The molecule has 0 bridgehead atoms. The highest BCUT2D eigenvalue weighted by Crippen LogP contribution is 2.24. The molecule has 6 heteroatoms. The van der Waals surface area contributed by atoms with Gasteiger partial charge in [0.25, 0.3) is 0 Å². The largest absolute Gasteiger partial charge is 0.343 e. The number of hydrogen-bond donors (Lipinski definition) is 1. The fourth-order valence-electron chi connectivity index (χ4n) is 3.74. The SMILES string of the molecule is CC(=O)N1CC[C@H](N[C@@H]2CCN(c3ccc(C#N)cc3)C2=O)[C@@H](C)C1. The van der Waals surface area contributed by atoms with Crippen LogP contribution in [0.1, 0.15) is 32.3 Å². The van der Waals surface area contributed by atoms with Crippen LogP contribution in [0, 0.1) is 17.2 Å². The molecule has 0 saturated carbocycles. The number of likely N-dealkylation sites (tertiary alicyclic amines) is 1. The fourth-order valence-corrected chi connectivity index (χ4v) is 3.74. The van der Waals surface area contributed by atoms with Crippen LogP contribution in [0.2, 0.25) is 0 Å². The zero-order valence-corrected chi connectivity index (χ0v) is 14.7. The van der Waals surface area contributed by atoms with Crippen LogP contribution in [0.3, 0.4) is 0 Å². The number of benzene rings is 1. The van der Waals surface area contributed by atoms with E-state index in [0.29, 0.717) is 18.0 Å². The second-order valence-electron chi connectivity index (χ2n) is 6.99. The molecule has 3 rings (SSSR count). The molecular weight excluding hydrogens is 316 g/mol. The molecule has 2 amide bonds. The Bertz CT molecular complexity index is 694. The number of amides is 2. The highest BCUT2D eigenvalue weighted by molar-refractivity contribution is 5.99. The normalized spacial score (nSPS) is 26.6. The van der Waals surface area contributed by atoms with Crippen LogP contribution in [-0.2, 0) is 9.59 Å². The van der Waals surface area contributed by atoms with E-state index >= 15 is 0 Å². The molecule has 0 radical (unpaired) electrons. The summed E-state index contributed by atoms with van der Waals surface area (Å²) >= 11 is 0. The van der Waals surface area contributed by atoms with Gasteiger partial charge in [-0.2, -0.15) is 5.26 Å². The minimum absolute atomic E-state index is 0.0888. The Morgan fingerprint density at radius 3 is 2.56 bits per heavy atom. The van der Waals surface area contributed by atoms with E-state index in [9.17, 15) is 9.59 Å². The summed E-state index contributed by atoms with van der Waals surface area (Å²) in [5.41, 5.74) is 1.43. The van der Waals surface area contributed by atoms with Crippen molar-refractivity contribution < 1.29 is 9.59 Å². The van der Waals surface area contributed by atoms with E-state index in [1.807, 2.05) is 17.0 Å². The molecule has 6 nitrogen and oxygen atoms in total. The van der Waals surface area contributed by atoms with Gasteiger partial charge in [0, 0.05) is 38.3 Å². The zero-order chi connectivity index (χ0) is 18.0. The van der Waals surface area contributed by atoms with Crippen LogP contribution >= 0.6 is 0 Å². The molecule has 25 heavy (non-hydrogen) atoms. The van der Waals surface area contributed by atoms with Crippen molar-refractivity contribution in [3.63, 3.8) is 0 Å². The van der Waals surface area contributed by atoms with Gasteiger partial charge in [-0.15, -0.1) is 0 Å². The molecule has 1 N–H and O–H groups in total. The summed E-state index contributed by atoms with van der Waals surface area (Å²) in [6.07, 6.45) is 1.65. The van der Waals surface area contributed by atoms with Crippen molar-refractivity contribution in [2.24, 2.45) is 5.92 Å². The molecule has 0 unspecified atom stereocenters. The summed E-state index contributed by atoms with van der Waals surface area (Å²) in [5, 5.41) is 12.4. The molecule has 2 fully saturated rings. The summed E-state index contributed by atoms with van der Waals surface area (Å²) in [6.45, 7) is 5.91. The van der Waals surface area contributed by atoms with E-state index in [4.69, 9.17) is 5.26 Å². The third kappa shape index (κ3) is 3.67. The Hall–Kier alpha value is -2.39. The summed E-state index contributed by atoms with van der Waals surface area (Å²) in [4.78, 5) is 27.9. The number of hydrogen-bond acceptors (Lipinski definition) is 4. The Morgan fingerprint density at radius 2 is 1.96 bits per heavy atom. The monoisotopic (exact) mass is 340 g/mol. The quantitative estimate of drug-likeness (QED) is 0.905. The van der Waals surface area contributed by atoms with Gasteiger partial charge in [-0.05, 0) is 43.0 Å². The van der Waals surface area contributed by atoms with Gasteiger partial charge < -0.3 is 15.1 Å². The first-order valence-corrected chi connectivity index (χ1v) is 8.82. The molecule has 1 aromatic rings. The van der Waals surface area contributed by atoms with Crippen molar-refractivity contribution in [3.8, 4) is 6.07 Å². The van der Waals surface area contributed by atoms with E-state index in [1.165, 1.54) is 0 Å². The highest BCUT2D eigenvalue weighted by atomic mass is 16.2. The van der Waals surface area contributed by atoms with Crippen LogP contribution in [0.5, 0.6) is 0 Å². The third-order valence-corrected chi connectivity index (χ3v) is 5.28. The van der Waals surface area contributed by atoms with E-state index in [1.54, 1.807) is 24.0 Å². The molecule has 2 heterocycles. The van der Waals surface area contributed by atoms with Gasteiger partial charge in [0.05, 0.1) is 17.7 Å². The van der Waals surface area contributed by atoms with Crippen molar-refractivity contribution >= 4 is 17.5 Å². The summed E-state index contributed by atoms with van der Waals surface area (Å²) in [5.74, 6) is 0.537. The average molecular weight is 340 g/mol. The van der Waals surface area contributed by atoms with Gasteiger partial charge in [-0.1, -0.05) is 6.92 Å². The summed E-state index contributed by atoms with van der Waals surface area (Å²) in [7, 11) is 0. The van der Waals surface area contributed by atoms with Gasteiger partial charge in [0.2, 0.25) is 11.8 Å². The summed E-state index contributed by atoms with van der Waals surface area (Å²) in [6, 6.07) is 9.30. The number of piperidine rings is 1. The molecule has 2 aliphatic rings. The smallest absolute Gasteiger partial charge is 0.244 e. The van der Waals surface area contributed by atoms with Crippen molar-refractivity contribution in [1.82, 2.24) is 10.2 Å². The lowest BCUT2D eigenvalue weighted by Crippen LogP contribution is -2.53. The van der Waals surface area contributed by atoms with Gasteiger partial charge in [0.15, 0.2) is 0 Å². The van der Waals surface area contributed by atoms with Crippen molar-refractivity contribution in [2.75, 3.05) is 24.5 Å². The minimum Gasteiger partial charge on any atom is -0.343 e. The van der Waals surface area contributed by atoms with E-state index < -0.39 is 0 Å². The number of carbonyl (C=O) groups is 2. The van der Waals surface area contributed by atoms with Crippen LogP contribution < -0.4 is 10.2 Å². The topological polar surface area (TPSA) is 76.4 Å². The molecular formula is C19H24N4O2. The van der Waals surface area contributed by atoms with Crippen molar-refractivity contribution in [3.05, 3.63) is 29.8 Å². The van der Waals surface area contributed by atoms with E-state index in [0.717, 1.165) is 31.6 Å². The number of anilines is 1. The van der Waals surface area contributed by atoms with Crippen LogP contribution in [0.25, 0.3) is 0 Å². The maximum absolute atomic E-state index is 12.7. The molecule has 0 spiro atoms. The van der Waals surface area contributed by atoms with Crippen molar-refractivity contribution in [1.29, 1.82) is 5.26 Å². The Morgan fingerprint density at radius 1 is 1.24 bits per heavy atom. The first-order chi connectivity index (χ1) is 12.0. The van der Waals surface area contributed by atoms with Gasteiger partial charge >= 0.3 is 0 Å². The van der Waals surface area contributed by atoms with Gasteiger partial charge in [-0.25, -0.2) is 0 Å². The van der Waals surface area contributed by atoms with Crippen LogP contribution in [-0.4, -0.2) is 48.4 Å². The molecule has 0 aliphatic carbocycles. The maximum atomic E-state index is 12.7. The van der Waals surface area contributed by atoms with Gasteiger partial charge in [0.1, 0.15) is 0 Å². The molecule has 1 aromatic carbocycles. The third-order valence-electron chi connectivity index (χ3n) is 5.28. The lowest BCUT2D eigenvalue weighted by Gasteiger charge is -2.38. The molecule has 132 valence electrons. The predicted octanol–water partition coefficient (Wildman–Crippen LogP) is 1.51.